The van der Waals surface area contributed by atoms with E-state index >= 15 is 0 Å². The van der Waals surface area contributed by atoms with Crippen molar-refractivity contribution < 1.29 is 23.4 Å². The second-order valence-corrected chi connectivity index (χ2v) is 5.27. The fourth-order valence-electron chi connectivity index (χ4n) is 2.69. The Morgan fingerprint density at radius 1 is 1.14 bits per heavy atom. The molecule has 1 fully saturated rings. The molecule has 1 aromatic carbocycles. The van der Waals surface area contributed by atoms with E-state index < -0.39 is 5.82 Å². The van der Waals surface area contributed by atoms with Crippen LogP contribution in [0.1, 0.15) is 29.6 Å². The van der Waals surface area contributed by atoms with Crippen LogP contribution in [-0.4, -0.2) is 51.3 Å². The third-order valence-corrected chi connectivity index (χ3v) is 4.00. The number of hydrogen-bond acceptors (Lipinski definition) is 4. The number of benzene rings is 1. The molecule has 122 valence electrons. The quantitative estimate of drug-likeness (QED) is 0.857. The van der Waals surface area contributed by atoms with Crippen molar-refractivity contribution >= 4 is 5.91 Å². The van der Waals surface area contributed by atoms with Crippen molar-refractivity contribution in [1.82, 2.24) is 4.90 Å². The van der Waals surface area contributed by atoms with E-state index in [4.69, 9.17) is 14.2 Å². The third kappa shape index (κ3) is 3.50. The molecule has 0 N–H and O–H groups in total. The van der Waals surface area contributed by atoms with Gasteiger partial charge in [0.15, 0.2) is 11.5 Å². The molecule has 1 atom stereocenters. The van der Waals surface area contributed by atoms with Crippen LogP contribution in [0.5, 0.6) is 11.5 Å². The van der Waals surface area contributed by atoms with Gasteiger partial charge in [0.05, 0.1) is 25.9 Å². The highest BCUT2D eigenvalue weighted by atomic mass is 19.1. The molecule has 1 amide bonds. The maximum Gasteiger partial charge on any atom is 0.256 e. The Balaban J connectivity index is 2.21. The van der Waals surface area contributed by atoms with Gasteiger partial charge < -0.3 is 19.1 Å². The van der Waals surface area contributed by atoms with Crippen LogP contribution < -0.4 is 9.47 Å². The predicted octanol–water partition coefficient (Wildman–Crippen LogP) is 2.48. The summed E-state index contributed by atoms with van der Waals surface area (Å²) in [6, 6.07) is 2.58. The summed E-state index contributed by atoms with van der Waals surface area (Å²) in [7, 11) is 4.56. The molecule has 1 aromatic rings. The van der Waals surface area contributed by atoms with Gasteiger partial charge in [-0.25, -0.2) is 4.39 Å². The molecule has 0 spiro atoms. The van der Waals surface area contributed by atoms with Gasteiger partial charge in [0, 0.05) is 26.3 Å². The first-order valence-corrected chi connectivity index (χ1v) is 7.34. The monoisotopic (exact) mass is 311 g/mol. The van der Waals surface area contributed by atoms with Gasteiger partial charge in [-0.2, -0.15) is 0 Å². The molecule has 5 nitrogen and oxygen atoms in total. The maximum absolute atomic E-state index is 14.2. The lowest BCUT2D eigenvalue weighted by Gasteiger charge is -2.21. The Labute approximate surface area is 130 Å². The average molecular weight is 311 g/mol. The molecule has 6 heteroatoms. The van der Waals surface area contributed by atoms with Crippen molar-refractivity contribution in [2.24, 2.45) is 0 Å². The standard InChI is InChI=1S/C16H22FNO4/c1-20-11-5-4-7-18(8-6-11)16(19)12-9-14(21-2)15(22-3)10-13(12)17/h9-11H,4-8H2,1-3H3. The highest BCUT2D eigenvalue weighted by Gasteiger charge is 2.25. The van der Waals surface area contributed by atoms with Crippen molar-refractivity contribution in [2.75, 3.05) is 34.4 Å². The third-order valence-electron chi connectivity index (χ3n) is 4.00. The van der Waals surface area contributed by atoms with Crippen molar-refractivity contribution in [3.05, 3.63) is 23.5 Å². The first kappa shape index (κ1) is 16.5. The van der Waals surface area contributed by atoms with Gasteiger partial charge in [-0.3, -0.25) is 4.79 Å². The van der Waals surface area contributed by atoms with Gasteiger partial charge in [-0.15, -0.1) is 0 Å². The number of carbonyl (C=O) groups is 1. The zero-order chi connectivity index (χ0) is 16.1. The molecule has 1 unspecified atom stereocenters. The first-order chi connectivity index (χ1) is 10.6. The number of hydrogen-bond donors (Lipinski definition) is 0. The second-order valence-electron chi connectivity index (χ2n) is 5.27. The fraction of sp³-hybridized carbons (Fsp3) is 0.562. The number of nitrogens with zero attached hydrogens (tertiary/aromatic N) is 1. The molecule has 2 rings (SSSR count). The summed E-state index contributed by atoms with van der Waals surface area (Å²) < 4.78 is 29.7. The van der Waals surface area contributed by atoms with Gasteiger partial charge in [-0.05, 0) is 25.3 Å². The molecule has 22 heavy (non-hydrogen) atoms. The molecule has 0 aromatic heterocycles. The Morgan fingerprint density at radius 3 is 2.45 bits per heavy atom. The van der Waals surface area contributed by atoms with Crippen LogP contribution in [0.4, 0.5) is 4.39 Å². The van der Waals surface area contributed by atoms with Crippen molar-refractivity contribution in [3.63, 3.8) is 0 Å². The van der Waals surface area contributed by atoms with Crippen LogP contribution in [0, 0.1) is 5.82 Å². The largest absolute Gasteiger partial charge is 0.493 e. The SMILES string of the molecule is COc1cc(F)c(C(=O)N2CCCC(OC)CC2)cc1OC. The molecular formula is C16H22FNO4. The van der Waals surface area contributed by atoms with Gasteiger partial charge >= 0.3 is 0 Å². The molecule has 0 bridgehead atoms. The molecule has 0 radical (unpaired) electrons. The minimum absolute atomic E-state index is 0.00789. The number of amides is 1. The summed E-state index contributed by atoms with van der Waals surface area (Å²) >= 11 is 0. The van der Waals surface area contributed by atoms with E-state index in [1.165, 1.54) is 26.4 Å². The van der Waals surface area contributed by atoms with E-state index in [2.05, 4.69) is 0 Å². The zero-order valence-corrected chi connectivity index (χ0v) is 13.2. The Hall–Kier alpha value is -1.82. The van der Waals surface area contributed by atoms with Crippen LogP contribution in [-0.2, 0) is 4.74 Å². The molecule has 1 aliphatic rings. The highest BCUT2D eigenvalue weighted by molar-refractivity contribution is 5.95. The van der Waals surface area contributed by atoms with Crippen molar-refractivity contribution in [3.8, 4) is 11.5 Å². The van der Waals surface area contributed by atoms with Crippen LogP contribution >= 0.6 is 0 Å². The topological polar surface area (TPSA) is 48.0 Å². The molecular weight excluding hydrogens is 289 g/mol. The Kier molecular flexibility index (Phi) is 5.60. The summed E-state index contributed by atoms with van der Waals surface area (Å²) in [5, 5.41) is 0. The molecule has 1 saturated heterocycles. The number of carbonyl (C=O) groups excluding carboxylic acids is 1. The van der Waals surface area contributed by atoms with E-state index in [1.807, 2.05) is 0 Å². The minimum atomic E-state index is -0.602. The predicted molar refractivity (Wildman–Crippen MR) is 80.1 cm³/mol. The van der Waals surface area contributed by atoms with Gasteiger partial charge in [0.2, 0.25) is 0 Å². The summed E-state index contributed by atoms with van der Waals surface area (Å²) in [5.41, 5.74) is 0.00789. The minimum Gasteiger partial charge on any atom is -0.493 e. The van der Waals surface area contributed by atoms with Crippen molar-refractivity contribution in [2.45, 2.75) is 25.4 Å². The lowest BCUT2D eigenvalue weighted by atomic mass is 10.1. The normalized spacial score (nSPS) is 18.7. The van der Waals surface area contributed by atoms with E-state index in [-0.39, 0.29) is 23.3 Å². The van der Waals surface area contributed by atoms with E-state index in [9.17, 15) is 9.18 Å². The summed E-state index contributed by atoms with van der Waals surface area (Å²) in [5.74, 6) is -0.311. The first-order valence-electron chi connectivity index (χ1n) is 7.34. The highest BCUT2D eigenvalue weighted by Crippen LogP contribution is 2.30. The number of ether oxygens (including phenoxy) is 3. The van der Waals surface area contributed by atoms with E-state index in [0.29, 0.717) is 18.8 Å². The van der Waals surface area contributed by atoms with Crippen molar-refractivity contribution in [1.29, 1.82) is 0 Å². The molecule has 0 saturated carbocycles. The van der Waals surface area contributed by atoms with Gasteiger partial charge in [-0.1, -0.05) is 0 Å². The lowest BCUT2D eigenvalue weighted by Crippen LogP contribution is -2.33. The summed E-state index contributed by atoms with van der Waals surface area (Å²) in [6.07, 6.45) is 2.68. The fourth-order valence-corrected chi connectivity index (χ4v) is 2.69. The maximum atomic E-state index is 14.2. The zero-order valence-electron chi connectivity index (χ0n) is 13.2. The Bertz CT molecular complexity index is 535. The van der Waals surface area contributed by atoms with Gasteiger partial charge in [0.25, 0.3) is 5.91 Å². The smallest absolute Gasteiger partial charge is 0.256 e. The summed E-state index contributed by atoms with van der Waals surface area (Å²) in [6.45, 7) is 1.16. The lowest BCUT2D eigenvalue weighted by molar-refractivity contribution is 0.0719. The number of halogens is 1. The van der Waals surface area contributed by atoms with Crippen LogP contribution in [0.2, 0.25) is 0 Å². The number of rotatable bonds is 4. The van der Waals surface area contributed by atoms with Gasteiger partial charge in [0.1, 0.15) is 5.82 Å². The molecule has 1 aliphatic heterocycles. The summed E-state index contributed by atoms with van der Waals surface area (Å²) in [4.78, 5) is 14.3. The van der Waals surface area contributed by atoms with E-state index in [1.54, 1.807) is 12.0 Å². The second kappa shape index (κ2) is 7.45. The molecule has 0 aliphatic carbocycles. The molecule has 1 heterocycles. The number of methoxy groups -OCH3 is 3. The van der Waals surface area contributed by atoms with Crippen LogP contribution in [0.3, 0.4) is 0 Å². The Morgan fingerprint density at radius 2 is 1.82 bits per heavy atom. The average Bonchev–Trinajstić information content (AvgIpc) is 2.79. The van der Waals surface area contributed by atoms with Crippen LogP contribution in [0.15, 0.2) is 12.1 Å². The van der Waals surface area contributed by atoms with E-state index in [0.717, 1.165) is 19.3 Å². The van der Waals surface area contributed by atoms with Crippen LogP contribution in [0.25, 0.3) is 0 Å². The number of likely N-dealkylation sites (tertiary alicyclic amines) is 1.